The molecule has 120 valence electrons. The molecule has 0 amide bonds. The molecule has 1 aliphatic heterocycles. The Labute approximate surface area is 143 Å². The van der Waals surface area contributed by atoms with Crippen LogP contribution in [0.4, 0.5) is 0 Å². The fraction of sp³-hybridized carbons (Fsp3) is 0.235. The summed E-state index contributed by atoms with van der Waals surface area (Å²) >= 11 is 11.9. The molecule has 0 bridgehead atoms. The number of fused-ring (bicyclic) bond motifs is 1. The van der Waals surface area contributed by atoms with Crippen LogP contribution in [-0.4, -0.2) is 25.6 Å². The predicted octanol–water partition coefficient (Wildman–Crippen LogP) is 4.42. The largest absolute Gasteiger partial charge is 0.490 e. The molecule has 0 unspecified atom stereocenters. The Morgan fingerprint density at radius 1 is 1.04 bits per heavy atom. The van der Waals surface area contributed by atoms with Crippen LogP contribution >= 0.6 is 23.2 Å². The molecule has 2 aromatic rings. The zero-order valence-electron chi connectivity index (χ0n) is 12.2. The summed E-state index contributed by atoms with van der Waals surface area (Å²) in [5.41, 5.74) is 0.493. The van der Waals surface area contributed by atoms with Crippen molar-refractivity contribution in [3.63, 3.8) is 0 Å². The van der Waals surface area contributed by atoms with Gasteiger partial charge in [-0.15, -0.1) is 0 Å². The molecule has 0 radical (unpaired) electrons. The number of benzene rings is 2. The van der Waals surface area contributed by atoms with Crippen LogP contribution in [0.3, 0.4) is 0 Å². The molecule has 1 heterocycles. The summed E-state index contributed by atoms with van der Waals surface area (Å²) in [5.74, 6) is 1.42. The number of carbonyl (C=O) groups is 1. The molecular formula is C17H14Cl2O4. The quantitative estimate of drug-likeness (QED) is 0.764. The molecular weight excluding hydrogens is 339 g/mol. The molecule has 0 aromatic heterocycles. The van der Waals surface area contributed by atoms with Gasteiger partial charge in [-0.1, -0.05) is 23.2 Å². The van der Waals surface area contributed by atoms with Crippen molar-refractivity contribution in [1.29, 1.82) is 0 Å². The van der Waals surface area contributed by atoms with E-state index in [4.69, 9.17) is 37.4 Å². The van der Waals surface area contributed by atoms with Crippen molar-refractivity contribution in [2.45, 2.75) is 6.42 Å². The molecule has 0 aliphatic carbocycles. The van der Waals surface area contributed by atoms with Gasteiger partial charge in [0.1, 0.15) is 5.75 Å². The maximum Gasteiger partial charge on any atom is 0.200 e. The van der Waals surface area contributed by atoms with Gasteiger partial charge in [0.25, 0.3) is 0 Å². The van der Waals surface area contributed by atoms with Crippen molar-refractivity contribution in [1.82, 2.24) is 0 Å². The molecule has 0 saturated heterocycles. The summed E-state index contributed by atoms with van der Waals surface area (Å²) in [4.78, 5) is 12.3. The van der Waals surface area contributed by atoms with Gasteiger partial charge in [-0.2, -0.15) is 0 Å². The van der Waals surface area contributed by atoms with Gasteiger partial charge in [0.2, 0.25) is 0 Å². The van der Waals surface area contributed by atoms with Crippen LogP contribution in [0.25, 0.3) is 0 Å². The van der Waals surface area contributed by atoms with Gasteiger partial charge in [-0.25, -0.2) is 0 Å². The molecule has 4 nitrogen and oxygen atoms in total. The van der Waals surface area contributed by atoms with Crippen molar-refractivity contribution in [2.24, 2.45) is 0 Å². The standard InChI is InChI=1S/C17H14Cl2O4/c18-12-3-4-13(19)16(9-12)23-10-14(20)11-2-5-15-17(8-11)22-7-1-6-21-15/h2-5,8-9H,1,6-7,10H2. The van der Waals surface area contributed by atoms with Crippen molar-refractivity contribution in [2.75, 3.05) is 19.8 Å². The highest BCUT2D eigenvalue weighted by Crippen LogP contribution is 2.31. The topological polar surface area (TPSA) is 44.8 Å². The smallest absolute Gasteiger partial charge is 0.200 e. The Bertz CT molecular complexity index is 731. The lowest BCUT2D eigenvalue weighted by Crippen LogP contribution is -2.12. The summed E-state index contributed by atoms with van der Waals surface area (Å²) in [6.45, 7) is 1.04. The molecule has 0 N–H and O–H groups in total. The van der Waals surface area contributed by atoms with Crippen LogP contribution in [0.15, 0.2) is 36.4 Å². The Morgan fingerprint density at radius 2 is 1.83 bits per heavy atom. The minimum absolute atomic E-state index is 0.139. The molecule has 6 heteroatoms. The highest BCUT2D eigenvalue weighted by atomic mass is 35.5. The fourth-order valence-corrected chi connectivity index (χ4v) is 2.49. The molecule has 3 rings (SSSR count). The van der Waals surface area contributed by atoms with E-state index in [-0.39, 0.29) is 12.4 Å². The van der Waals surface area contributed by atoms with E-state index in [1.807, 2.05) is 0 Å². The lowest BCUT2D eigenvalue weighted by atomic mass is 10.1. The summed E-state index contributed by atoms with van der Waals surface area (Å²) in [6, 6.07) is 9.95. The average molecular weight is 353 g/mol. The Kier molecular flexibility index (Phi) is 4.94. The second kappa shape index (κ2) is 7.11. The van der Waals surface area contributed by atoms with E-state index in [1.165, 1.54) is 0 Å². The van der Waals surface area contributed by atoms with E-state index in [0.29, 0.717) is 46.1 Å². The second-order valence-corrected chi connectivity index (χ2v) is 5.84. The first-order chi connectivity index (χ1) is 11.1. The summed E-state index contributed by atoms with van der Waals surface area (Å²) in [5, 5.41) is 0.897. The highest BCUT2D eigenvalue weighted by Gasteiger charge is 2.15. The number of halogens is 2. The van der Waals surface area contributed by atoms with Crippen molar-refractivity contribution < 1.29 is 19.0 Å². The van der Waals surface area contributed by atoms with E-state index < -0.39 is 0 Å². The van der Waals surface area contributed by atoms with Crippen LogP contribution in [0.2, 0.25) is 10.0 Å². The van der Waals surface area contributed by atoms with Crippen molar-refractivity contribution in [3.05, 3.63) is 52.0 Å². The lowest BCUT2D eigenvalue weighted by Gasteiger charge is -2.10. The van der Waals surface area contributed by atoms with Gasteiger partial charge < -0.3 is 14.2 Å². The third-order valence-corrected chi connectivity index (χ3v) is 3.87. The molecule has 0 spiro atoms. The van der Waals surface area contributed by atoms with Crippen LogP contribution < -0.4 is 14.2 Å². The van der Waals surface area contributed by atoms with Crippen molar-refractivity contribution >= 4 is 29.0 Å². The Balaban J connectivity index is 1.71. The number of rotatable bonds is 4. The molecule has 0 atom stereocenters. The van der Waals surface area contributed by atoms with E-state index in [2.05, 4.69) is 0 Å². The molecule has 0 fully saturated rings. The first-order valence-electron chi connectivity index (χ1n) is 7.14. The second-order valence-electron chi connectivity index (χ2n) is 5.00. The van der Waals surface area contributed by atoms with E-state index in [1.54, 1.807) is 36.4 Å². The normalized spacial score (nSPS) is 13.3. The third-order valence-electron chi connectivity index (χ3n) is 3.32. The van der Waals surface area contributed by atoms with Crippen LogP contribution in [0.1, 0.15) is 16.8 Å². The van der Waals surface area contributed by atoms with Gasteiger partial charge in [0.05, 0.1) is 18.2 Å². The van der Waals surface area contributed by atoms with Gasteiger partial charge >= 0.3 is 0 Å². The van der Waals surface area contributed by atoms with E-state index in [0.717, 1.165) is 6.42 Å². The van der Waals surface area contributed by atoms with Crippen LogP contribution in [0, 0.1) is 0 Å². The minimum atomic E-state index is -0.184. The molecule has 0 saturated carbocycles. The highest BCUT2D eigenvalue weighted by molar-refractivity contribution is 6.34. The number of ketones is 1. The third kappa shape index (κ3) is 3.89. The van der Waals surface area contributed by atoms with Gasteiger partial charge in [-0.05, 0) is 30.3 Å². The summed E-state index contributed by atoms with van der Waals surface area (Å²) in [6.07, 6.45) is 0.814. The van der Waals surface area contributed by atoms with Gasteiger partial charge in [0.15, 0.2) is 23.9 Å². The predicted molar refractivity (Wildman–Crippen MR) is 88.3 cm³/mol. The maximum absolute atomic E-state index is 12.3. The number of Topliss-reactive ketones (excluding diaryl/α,β-unsaturated/α-hetero) is 1. The Hall–Kier alpha value is -1.91. The van der Waals surface area contributed by atoms with E-state index >= 15 is 0 Å². The fourth-order valence-electron chi connectivity index (χ4n) is 2.15. The average Bonchev–Trinajstić information content (AvgIpc) is 2.80. The maximum atomic E-state index is 12.3. The molecule has 1 aliphatic rings. The number of ether oxygens (including phenoxy) is 3. The van der Waals surface area contributed by atoms with Gasteiger partial charge in [-0.3, -0.25) is 4.79 Å². The SMILES string of the molecule is O=C(COc1cc(Cl)ccc1Cl)c1ccc2c(c1)OCCCO2. The first-order valence-corrected chi connectivity index (χ1v) is 7.90. The number of hydrogen-bond donors (Lipinski definition) is 0. The number of carbonyl (C=O) groups excluding carboxylic acids is 1. The van der Waals surface area contributed by atoms with E-state index in [9.17, 15) is 4.79 Å². The Morgan fingerprint density at radius 3 is 2.65 bits per heavy atom. The lowest BCUT2D eigenvalue weighted by molar-refractivity contribution is 0.0921. The zero-order chi connectivity index (χ0) is 16.2. The molecule has 23 heavy (non-hydrogen) atoms. The first kappa shape index (κ1) is 16.0. The summed E-state index contributed by atoms with van der Waals surface area (Å²) in [7, 11) is 0. The molecule has 2 aromatic carbocycles. The van der Waals surface area contributed by atoms with Crippen LogP contribution in [0.5, 0.6) is 17.2 Å². The monoisotopic (exact) mass is 352 g/mol. The van der Waals surface area contributed by atoms with Gasteiger partial charge in [0, 0.05) is 23.1 Å². The number of hydrogen-bond acceptors (Lipinski definition) is 4. The minimum Gasteiger partial charge on any atom is -0.490 e. The van der Waals surface area contributed by atoms with Crippen LogP contribution in [-0.2, 0) is 0 Å². The summed E-state index contributed by atoms with van der Waals surface area (Å²) < 4.78 is 16.6. The van der Waals surface area contributed by atoms with Crippen molar-refractivity contribution in [3.8, 4) is 17.2 Å². The zero-order valence-corrected chi connectivity index (χ0v) is 13.7.